The van der Waals surface area contributed by atoms with Crippen molar-refractivity contribution in [1.82, 2.24) is 5.32 Å². The number of benzene rings is 1. The molecule has 1 aliphatic rings. The summed E-state index contributed by atoms with van der Waals surface area (Å²) in [5.74, 6) is 2.54. The third-order valence-electron chi connectivity index (χ3n) is 4.13. The zero-order chi connectivity index (χ0) is 17.6. The first kappa shape index (κ1) is 21.8. The quantitative estimate of drug-likeness (QED) is 0.362. The average Bonchev–Trinajstić information content (AvgIpc) is 2.58. The van der Waals surface area contributed by atoms with Gasteiger partial charge in [-0.15, -0.1) is 24.0 Å². The van der Waals surface area contributed by atoms with Crippen molar-refractivity contribution < 1.29 is 17.9 Å². The second kappa shape index (κ2) is 10.0. The van der Waals surface area contributed by atoms with E-state index in [9.17, 15) is 8.42 Å². The minimum Gasteiger partial charge on any atom is -0.493 e. The monoisotopic (exact) mass is 483 g/mol. The van der Waals surface area contributed by atoms with Crippen molar-refractivity contribution in [3.8, 4) is 11.5 Å². The largest absolute Gasteiger partial charge is 0.493 e. The summed E-state index contributed by atoms with van der Waals surface area (Å²) < 4.78 is 33.3. The van der Waals surface area contributed by atoms with Crippen LogP contribution >= 0.6 is 24.0 Å². The van der Waals surface area contributed by atoms with E-state index in [2.05, 4.69) is 10.3 Å². The van der Waals surface area contributed by atoms with Gasteiger partial charge in [0.1, 0.15) is 9.84 Å². The molecule has 0 spiro atoms. The van der Waals surface area contributed by atoms with Crippen molar-refractivity contribution in [1.29, 1.82) is 0 Å². The van der Waals surface area contributed by atoms with Crippen molar-refractivity contribution in [2.75, 3.05) is 32.3 Å². The molecule has 2 rings (SSSR count). The molecule has 0 bridgehead atoms. The van der Waals surface area contributed by atoms with Gasteiger partial charge in [-0.3, -0.25) is 0 Å². The van der Waals surface area contributed by atoms with Crippen LogP contribution in [0.15, 0.2) is 23.2 Å². The van der Waals surface area contributed by atoms with Gasteiger partial charge in [0.25, 0.3) is 0 Å². The van der Waals surface area contributed by atoms with Gasteiger partial charge in [-0.2, -0.15) is 0 Å². The minimum absolute atomic E-state index is 0. The number of guanidine groups is 1. The molecule has 1 saturated heterocycles. The first-order chi connectivity index (χ1) is 11.4. The fraction of sp³-hybridized carbons (Fsp3) is 0.562. The van der Waals surface area contributed by atoms with Crippen molar-refractivity contribution >= 4 is 39.8 Å². The predicted molar refractivity (Wildman–Crippen MR) is 110 cm³/mol. The molecule has 1 fully saturated rings. The number of nitrogens with zero attached hydrogens (tertiary/aromatic N) is 1. The first-order valence-electron chi connectivity index (χ1n) is 7.88. The van der Waals surface area contributed by atoms with E-state index in [1.54, 1.807) is 14.2 Å². The Morgan fingerprint density at radius 3 is 2.48 bits per heavy atom. The van der Waals surface area contributed by atoms with Gasteiger partial charge in [-0.25, -0.2) is 13.4 Å². The van der Waals surface area contributed by atoms with Crippen molar-refractivity contribution in [2.24, 2.45) is 16.6 Å². The lowest BCUT2D eigenvalue weighted by Crippen LogP contribution is -2.38. The maximum atomic E-state index is 11.4. The van der Waals surface area contributed by atoms with Crippen LogP contribution in [-0.4, -0.2) is 46.6 Å². The number of nitrogens with two attached hydrogens (primary N) is 1. The zero-order valence-corrected chi connectivity index (χ0v) is 17.7. The molecule has 9 heteroatoms. The Morgan fingerprint density at radius 2 is 1.88 bits per heavy atom. The Labute approximate surface area is 166 Å². The second-order valence-electron chi connectivity index (χ2n) is 5.87. The molecule has 0 aromatic heterocycles. The van der Waals surface area contributed by atoms with Crippen LogP contribution in [-0.2, 0) is 16.4 Å². The van der Waals surface area contributed by atoms with E-state index >= 15 is 0 Å². The van der Waals surface area contributed by atoms with Crippen molar-refractivity contribution in [2.45, 2.75) is 19.4 Å². The highest BCUT2D eigenvalue weighted by atomic mass is 127. The maximum absolute atomic E-state index is 11.4. The Hall–Kier alpha value is -1.23. The number of methoxy groups -OCH3 is 2. The van der Waals surface area contributed by atoms with E-state index in [-0.39, 0.29) is 35.5 Å². The van der Waals surface area contributed by atoms with Crippen LogP contribution in [0.2, 0.25) is 0 Å². The number of halogens is 1. The minimum atomic E-state index is -2.82. The summed E-state index contributed by atoms with van der Waals surface area (Å²) in [6.07, 6.45) is 1.36. The zero-order valence-electron chi connectivity index (χ0n) is 14.5. The van der Waals surface area contributed by atoms with Crippen molar-refractivity contribution in [3.05, 3.63) is 23.8 Å². The van der Waals surface area contributed by atoms with Crippen LogP contribution in [0.3, 0.4) is 0 Å². The summed E-state index contributed by atoms with van der Waals surface area (Å²) in [6, 6.07) is 5.60. The smallest absolute Gasteiger partial charge is 0.188 e. The first-order valence-corrected chi connectivity index (χ1v) is 9.71. The van der Waals surface area contributed by atoms with Crippen LogP contribution < -0.4 is 20.5 Å². The van der Waals surface area contributed by atoms with Crippen LogP contribution in [0.4, 0.5) is 0 Å². The molecule has 7 nitrogen and oxygen atoms in total. The van der Waals surface area contributed by atoms with Crippen LogP contribution in [0.25, 0.3) is 0 Å². The highest BCUT2D eigenvalue weighted by molar-refractivity contribution is 14.0. The van der Waals surface area contributed by atoms with E-state index in [4.69, 9.17) is 15.2 Å². The second-order valence-corrected chi connectivity index (χ2v) is 8.17. The lowest BCUT2D eigenvalue weighted by atomic mass is 10.0. The molecule has 0 amide bonds. The normalized spacial score (nSPS) is 17.4. The van der Waals surface area contributed by atoms with E-state index in [0.717, 1.165) is 5.56 Å². The lowest BCUT2D eigenvalue weighted by molar-refractivity contribution is 0.354. The topological polar surface area (TPSA) is 103 Å². The summed E-state index contributed by atoms with van der Waals surface area (Å²) in [7, 11) is 0.356. The van der Waals surface area contributed by atoms with Gasteiger partial charge >= 0.3 is 0 Å². The van der Waals surface area contributed by atoms with Gasteiger partial charge < -0.3 is 20.5 Å². The van der Waals surface area contributed by atoms with E-state index in [1.807, 2.05) is 18.2 Å². The van der Waals surface area contributed by atoms with Gasteiger partial charge in [0.15, 0.2) is 17.5 Å². The maximum Gasteiger partial charge on any atom is 0.188 e. The number of nitrogens with one attached hydrogen (secondary N) is 1. The molecule has 0 saturated carbocycles. The molecule has 0 unspecified atom stereocenters. The van der Waals surface area contributed by atoms with Gasteiger partial charge in [-0.1, -0.05) is 6.07 Å². The van der Waals surface area contributed by atoms with E-state index in [1.165, 1.54) is 0 Å². The highest BCUT2D eigenvalue weighted by Crippen LogP contribution is 2.27. The Morgan fingerprint density at radius 1 is 1.24 bits per heavy atom. The molecule has 142 valence electrons. The van der Waals surface area contributed by atoms with E-state index < -0.39 is 9.84 Å². The molecular formula is C16H26IN3O4S. The third kappa shape index (κ3) is 6.89. The Bertz CT molecular complexity index is 681. The summed E-state index contributed by atoms with van der Waals surface area (Å²) in [6.45, 7) is 1.08. The third-order valence-corrected chi connectivity index (χ3v) is 5.84. The molecule has 0 aliphatic carbocycles. The molecule has 0 atom stereocenters. The molecule has 1 heterocycles. The molecular weight excluding hydrogens is 457 g/mol. The average molecular weight is 483 g/mol. The Balaban J connectivity index is 0.00000312. The number of ether oxygens (including phenoxy) is 2. The Kier molecular flexibility index (Phi) is 8.77. The molecule has 1 aromatic rings. The SMILES string of the molecule is COc1ccc(CN=C(N)NCC2CCS(=O)(=O)CC2)cc1OC.I. The van der Waals surface area contributed by atoms with Crippen molar-refractivity contribution in [3.63, 3.8) is 0 Å². The number of hydrogen-bond donors (Lipinski definition) is 2. The predicted octanol–water partition coefficient (Wildman–Crippen LogP) is 1.55. The molecule has 0 radical (unpaired) electrons. The van der Waals surface area contributed by atoms with Gasteiger partial charge in [-0.05, 0) is 36.5 Å². The summed E-state index contributed by atoms with van der Waals surface area (Å²) >= 11 is 0. The highest BCUT2D eigenvalue weighted by Gasteiger charge is 2.23. The van der Waals surface area contributed by atoms with Crippen LogP contribution in [0, 0.1) is 5.92 Å². The molecule has 1 aromatic carbocycles. The molecule has 25 heavy (non-hydrogen) atoms. The summed E-state index contributed by atoms with van der Waals surface area (Å²) in [5.41, 5.74) is 6.84. The molecule has 1 aliphatic heterocycles. The van der Waals surface area contributed by atoms with E-state index in [0.29, 0.717) is 49.3 Å². The van der Waals surface area contributed by atoms with Gasteiger partial charge in [0.2, 0.25) is 0 Å². The number of hydrogen-bond acceptors (Lipinski definition) is 5. The summed E-state index contributed by atoms with van der Waals surface area (Å²) in [5, 5.41) is 3.08. The van der Waals surface area contributed by atoms with Crippen LogP contribution in [0.5, 0.6) is 11.5 Å². The number of sulfone groups is 1. The number of rotatable bonds is 6. The van der Waals surface area contributed by atoms with Crippen LogP contribution in [0.1, 0.15) is 18.4 Å². The fourth-order valence-electron chi connectivity index (χ4n) is 2.60. The summed E-state index contributed by atoms with van der Waals surface area (Å²) in [4.78, 5) is 4.31. The number of aliphatic imine (C=N–C) groups is 1. The standard InChI is InChI=1S/C16H25N3O4S.HI/c1-22-14-4-3-13(9-15(14)23-2)11-19-16(17)18-10-12-5-7-24(20,21)8-6-12;/h3-4,9,12H,5-8,10-11H2,1-2H3,(H3,17,18,19);1H. The van der Waals surface area contributed by atoms with Gasteiger partial charge in [0.05, 0.1) is 32.3 Å². The fourth-order valence-corrected chi connectivity index (χ4v) is 4.19. The lowest BCUT2D eigenvalue weighted by Gasteiger charge is -2.22. The molecule has 3 N–H and O–H groups in total. The van der Waals surface area contributed by atoms with Gasteiger partial charge in [0, 0.05) is 6.54 Å².